The molecule has 0 spiro atoms. The van der Waals surface area contributed by atoms with Crippen molar-refractivity contribution in [3.8, 4) is 17.4 Å². The van der Waals surface area contributed by atoms with Crippen molar-refractivity contribution in [1.82, 2.24) is 15.6 Å². The van der Waals surface area contributed by atoms with Gasteiger partial charge in [-0.1, -0.05) is 29.8 Å². The van der Waals surface area contributed by atoms with Crippen LogP contribution in [0.15, 0.2) is 42.5 Å². The number of pyridine rings is 1. The summed E-state index contributed by atoms with van der Waals surface area (Å²) in [6.45, 7) is 5.74. The van der Waals surface area contributed by atoms with Gasteiger partial charge in [0.05, 0.1) is 19.7 Å². The third kappa shape index (κ3) is 6.08. The van der Waals surface area contributed by atoms with Crippen LogP contribution in [0.5, 0.6) is 17.4 Å². The summed E-state index contributed by atoms with van der Waals surface area (Å²) in [5.41, 5.74) is 3.97. The average Bonchev–Trinajstić information content (AvgIpc) is 2.77. The number of fused-ring (bicyclic) bond motifs is 1. The third-order valence-electron chi connectivity index (χ3n) is 4.85. The van der Waals surface area contributed by atoms with Gasteiger partial charge in [0.1, 0.15) is 6.61 Å². The lowest BCUT2D eigenvalue weighted by Gasteiger charge is -2.15. The molecule has 164 valence electrons. The highest BCUT2D eigenvalue weighted by molar-refractivity contribution is 5.84. The molecule has 0 radical (unpaired) electrons. The molecule has 0 atom stereocenters. The predicted molar refractivity (Wildman–Crippen MR) is 121 cm³/mol. The van der Waals surface area contributed by atoms with Crippen LogP contribution < -0.4 is 24.8 Å². The molecule has 1 amide bonds. The number of benzene rings is 2. The molecular formula is C24H29N3O4. The lowest BCUT2D eigenvalue weighted by molar-refractivity contribution is -0.118. The van der Waals surface area contributed by atoms with Crippen molar-refractivity contribution in [2.24, 2.45) is 0 Å². The Hall–Kier alpha value is -3.32. The van der Waals surface area contributed by atoms with Gasteiger partial charge in [-0.3, -0.25) is 4.79 Å². The van der Waals surface area contributed by atoms with Gasteiger partial charge in [-0.25, -0.2) is 4.98 Å². The quantitative estimate of drug-likeness (QED) is 0.487. The van der Waals surface area contributed by atoms with E-state index in [2.05, 4.69) is 41.8 Å². The molecule has 3 aromatic rings. The van der Waals surface area contributed by atoms with E-state index in [1.807, 2.05) is 18.2 Å². The smallest absolute Gasteiger partial charge is 0.218 e. The van der Waals surface area contributed by atoms with E-state index < -0.39 is 0 Å². The van der Waals surface area contributed by atoms with Gasteiger partial charge < -0.3 is 24.8 Å². The Balaban J connectivity index is 1.85. The number of hydrogen-bond donors (Lipinski definition) is 2. The molecule has 2 N–H and O–H groups in total. The Morgan fingerprint density at radius 2 is 1.71 bits per heavy atom. The van der Waals surface area contributed by atoms with E-state index in [0.717, 1.165) is 22.0 Å². The molecule has 0 saturated carbocycles. The van der Waals surface area contributed by atoms with Gasteiger partial charge in [-0.05, 0) is 24.6 Å². The van der Waals surface area contributed by atoms with Crippen molar-refractivity contribution in [2.45, 2.75) is 27.0 Å². The van der Waals surface area contributed by atoms with Crippen LogP contribution in [-0.4, -0.2) is 38.2 Å². The third-order valence-corrected chi connectivity index (χ3v) is 4.85. The van der Waals surface area contributed by atoms with Crippen LogP contribution in [0.25, 0.3) is 10.9 Å². The molecule has 3 rings (SSSR count). The Morgan fingerprint density at radius 3 is 2.39 bits per heavy atom. The SMILES string of the molecule is COc1cc2cc(CNCCNC(C)=O)c(OCc3ccc(C)cc3)nc2cc1OC. The van der Waals surface area contributed by atoms with Crippen LogP contribution in [0.3, 0.4) is 0 Å². The monoisotopic (exact) mass is 423 g/mol. The Morgan fingerprint density at radius 1 is 1.00 bits per heavy atom. The number of carbonyl (C=O) groups is 1. The van der Waals surface area contributed by atoms with Crippen molar-refractivity contribution in [2.75, 3.05) is 27.3 Å². The number of aromatic nitrogens is 1. The van der Waals surface area contributed by atoms with Crippen molar-refractivity contribution in [1.29, 1.82) is 0 Å². The number of hydrogen-bond acceptors (Lipinski definition) is 6. The lowest BCUT2D eigenvalue weighted by atomic mass is 10.1. The van der Waals surface area contributed by atoms with E-state index in [4.69, 9.17) is 19.2 Å². The molecule has 7 nitrogen and oxygen atoms in total. The van der Waals surface area contributed by atoms with Gasteiger partial charge in [-0.15, -0.1) is 0 Å². The Kier molecular flexibility index (Phi) is 7.67. The average molecular weight is 424 g/mol. The maximum atomic E-state index is 11.0. The fourth-order valence-electron chi connectivity index (χ4n) is 3.16. The largest absolute Gasteiger partial charge is 0.493 e. The van der Waals surface area contributed by atoms with Gasteiger partial charge >= 0.3 is 0 Å². The van der Waals surface area contributed by atoms with Crippen molar-refractivity contribution < 1.29 is 19.0 Å². The minimum Gasteiger partial charge on any atom is -0.493 e. The standard InChI is InChI=1S/C24H29N3O4/c1-16-5-7-18(8-6-16)15-31-24-20(14-25-9-10-26-17(2)28)11-19-12-22(29-3)23(30-4)13-21(19)27-24/h5-8,11-13,25H,9-10,14-15H2,1-4H3,(H,26,28). The van der Waals surface area contributed by atoms with Crippen molar-refractivity contribution in [3.63, 3.8) is 0 Å². The zero-order chi connectivity index (χ0) is 22.2. The van der Waals surface area contributed by atoms with Gasteiger partial charge in [-0.2, -0.15) is 0 Å². The molecule has 7 heteroatoms. The van der Waals surface area contributed by atoms with E-state index >= 15 is 0 Å². The van der Waals surface area contributed by atoms with Gasteiger partial charge in [0.15, 0.2) is 11.5 Å². The number of aryl methyl sites for hydroxylation is 1. The number of nitrogens with zero attached hydrogens (tertiary/aromatic N) is 1. The molecule has 0 unspecified atom stereocenters. The van der Waals surface area contributed by atoms with Gasteiger partial charge in [0, 0.05) is 43.6 Å². The van der Waals surface area contributed by atoms with E-state index in [1.165, 1.54) is 12.5 Å². The maximum absolute atomic E-state index is 11.0. The molecule has 31 heavy (non-hydrogen) atoms. The summed E-state index contributed by atoms with van der Waals surface area (Å²) in [5.74, 6) is 1.78. The molecule has 1 aromatic heterocycles. The first-order chi connectivity index (χ1) is 15.0. The molecule has 0 aliphatic rings. The minimum atomic E-state index is -0.0441. The minimum absolute atomic E-state index is 0.0441. The highest BCUT2D eigenvalue weighted by Gasteiger charge is 2.13. The lowest BCUT2D eigenvalue weighted by Crippen LogP contribution is -2.30. The van der Waals surface area contributed by atoms with E-state index in [-0.39, 0.29) is 5.91 Å². The number of amides is 1. The molecule has 2 aromatic carbocycles. The molecule has 0 saturated heterocycles. The summed E-state index contributed by atoms with van der Waals surface area (Å²) in [7, 11) is 3.21. The zero-order valence-corrected chi connectivity index (χ0v) is 18.5. The van der Waals surface area contributed by atoms with Crippen molar-refractivity contribution >= 4 is 16.8 Å². The van der Waals surface area contributed by atoms with E-state index in [1.54, 1.807) is 14.2 Å². The summed E-state index contributed by atoms with van der Waals surface area (Å²) in [4.78, 5) is 15.8. The highest BCUT2D eigenvalue weighted by Crippen LogP contribution is 2.33. The second kappa shape index (κ2) is 10.6. The summed E-state index contributed by atoms with van der Waals surface area (Å²) >= 11 is 0. The normalized spacial score (nSPS) is 10.7. The summed E-state index contributed by atoms with van der Waals surface area (Å²) < 4.78 is 16.9. The first-order valence-corrected chi connectivity index (χ1v) is 10.2. The predicted octanol–water partition coefficient (Wildman–Crippen LogP) is 3.37. The number of rotatable bonds is 10. The van der Waals surface area contributed by atoms with Gasteiger partial charge in [0.25, 0.3) is 0 Å². The second-order valence-corrected chi connectivity index (χ2v) is 7.29. The Labute approximate surface area is 182 Å². The number of ether oxygens (including phenoxy) is 3. The topological polar surface area (TPSA) is 81.7 Å². The van der Waals surface area contributed by atoms with Crippen LogP contribution in [0.2, 0.25) is 0 Å². The molecular weight excluding hydrogens is 394 g/mol. The van der Waals surface area contributed by atoms with E-state index in [0.29, 0.717) is 43.6 Å². The number of nitrogens with one attached hydrogen (secondary N) is 2. The molecule has 0 fully saturated rings. The van der Waals surface area contributed by atoms with Crippen LogP contribution in [0, 0.1) is 6.92 Å². The molecule has 0 aliphatic carbocycles. The van der Waals surface area contributed by atoms with Crippen LogP contribution >= 0.6 is 0 Å². The summed E-state index contributed by atoms with van der Waals surface area (Å²) in [5, 5.41) is 7.03. The first-order valence-electron chi connectivity index (χ1n) is 10.2. The molecule has 0 aliphatic heterocycles. The number of carbonyl (C=O) groups excluding carboxylic acids is 1. The van der Waals surface area contributed by atoms with E-state index in [9.17, 15) is 4.79 Å². The van der Waals surface area contributed by atoms with Crippen LogP contribution in [-0.2, 0) is 17.9 Å². The summed E-state index contributed by atoms with van der Waals surface area (Å²) in [6.07, 6.45) is 0. The van der Waals surface area contributed by atoms with Crippen LogP contribution in [0.1, 0.15) is 23.6 Å². The first kappa shape index (κ1) is 22.4. The van der Waals surface area contributed by atoms with Crippen molar-refractivity contribution in [3.05, 3.63) is 59.2 Å². The zero-order valence-electron chi connectivity index (χ0n) is 18.5. The fraction of sp³-hybridized carbons (Fsp3) is 0.333. The van der Waals surface area contributed by atoms with Gasteiger partial charge in [0.2, 0.25) is 11.8 Å². The number of methoxy groups -OCH3 is 2. The highest BCUT2D eigenvalue weighted by atomic mass is 16.5. The van der Waals surface area contributed by atoms with Crippen LogP contribution in [0.4, 0.5) is 0 Å². The molecule has 0 bridgehead atoms. The summed E-state index contributed by atoms with van der Waals surface area (Å²) in [6, 6.07) is 14.0. The molecule has 1 heterocycles. The fourth-order valence-corrected chi connectivity index (χ4v) is 3.16. The second-order valence-electron chi connectivity index (χ2n) is 7.29. The maximum Gasteiger partial charge on any atom is 0.218 e. The Bertz CT molecular complexity index is 1040.